The maximum absolute atomic E-state index is 13.1. The summed E-state index contributed by atoms with van der Waals surface area (Å²) in [5.74, 6) is 0.375. The van der Waals surface area contributed by atoms with E-state index in [0.717, 1.165) is 0 Å². The number of aromatic nitrogens is 3. The molecular weight excluding hydrogens is 354 g/mol. The van der Waals surface area contributed by atoms with E-state index >= 15 is 0 Å². The third kappa shape index (κ3) is 3.25. The van der Waals surface area contributed by atoms with Crippen LogP contribution in [0, 0.1) is 6.92 Å². The molecule has 0 spiro atoms. The second-order valence-electron chi connectivity index (χ2n) is 6.13. The quantitative estimate of drug-likeness (QED) is 0.831. The average molecular weight is 375 g/mol. The Labute approximate surface area is 155 Å². The predicted octanol–water partition coefficient (Wildman–Crippen LogP) is 1.50. The van der Waals surface area contributed by atoms with Gasteiger partial charge in [0.05, 0.1) is 42.9 Å². The van der Waals surface area contributed by atoms with Crippen molar-refractivity contribution in [3.05, 3.63) is 29.2 Å². The third-order valence-electron chi connectivity index (χ3n) is 4.50. The topological polar surface area (TPSA) is 119 Å². The fraction of sp³-hybridized carbons (Fsp3) is 0.412. The van der Waals surface area contributed by atoms with Gasteiger partial charge >= 0.3 is 6.09 Å². The van der Waals surface area contributed by atoms with Gasteiger partial charge in [-0.3, -0.25) is 9.48 Å². The van der Waals surface area contributed by atoms with Gasteiger partial charge in [-0.05, 0) is 13.3 Å². The summed E-state index contributed by atoms with van der Waals surface area (Å²) < 4.78 is 11.9. The van der Waals surface area contributed by atoms with Crippen LogP contribution in [0.1, 0.15) is 34.2 Å². The molecular formula is C17H21N5O5. The van der Waals surface area contributed by atoms with Gasteiger partial charge in [-0.2, -0.15) is 5.10 Å². The van der Waals surface area contributed by atoms with Crippen LogP contribution in [0.15, 0.2) is 12.3 Å². The van der Waals surface area contributed by atoms with E-state index in [0.29, 0.717) is 41.4 Å². The molecule has 0 aromatic carbocycles. The number of fused-ring (bicyclic) bond motifs is 1. The molecule has 0 radical (unpaired) electrons. The molecule has 0 saturated carbocycles. The minimum absolute atomic E-state index is 0.269. The number of rotatable bonds is 4. The molecule has 0 aliphatic carbocycles. The molecule has 2 amide bonds. The monoisotopic (exact) mass is 375 g/mol. The van der Waals surface area contributed by atoms with Gasteiger partial charge < -0.3 is 24.8 Å². The summed E-state index contributed by atoms with van der Waals surface area (Å²) in [6, 6.07) is 1.14. The number of nitrogens with zero attached hydrogens (tertiary/aromatic N) is 4. The zero-order chi connectivity index (χ0) is 19.7. The van der Waals surface area contributed by atoms with Gasteiger partial charge in [0.15, 0.2) is 5.75 Å². The van der Waals surface area contributed by atoms with Crippen LogP contribution >= 0.6 is 0 Å². The number of carbonyl (C=O) groups excluding carboxylic acids is 1. The highest BCUT2D eigenvalue weighted by molar-refractivity contribution is 6.07. The Bertz CT molecular complexity index is 894. The summed E-state index contributed by atoms with van der Waals surface area (Å²) in [7, 11) is 4.67. The fourth-order valence-electron chi connectivity index (χ4n) is 3.39. The molecule has 2 aromatic rings. The Morgan fingerprint density at radius 2 is 2.07 bits per heavy atom. The molecule has 2 aromatic heterocycles. The number of hydrogen-bond donors (Lipinski definition) is 2. The molecule has 3 rings (SSSR count). The lowest BCUT2D eigenvalue weighted by atomic mass is 10.0. The Morgan fingerprint density at radius 1 is 1.33 bits per heavy atom. The normalized spacial score (nSPS) is 15.9. The van der Waals surface area contributed by atoms with Crippen molar-refractivity contribution >= 4 is 17.7 Å². The number of aryl methyl sites for hydroxylation is 2. The lowest BCUT2D eigenvalue weighted by Crippen LogP contribution is -2.41. The van der Waals surface area contributed by atoms with E-state index in [1.165, 1.54) is 20.4 Å². The first kappa shape index (κ1) is 18.5. The summed E-state index contributed by atoms with van der Waals surface area (Å²) >= 11 is 0. The van der Waals surface area contributed by atoms with Crippen LogP contribution in [0.25, 0.3) is 0 Å². The highest BCUT2D eigenvalue weighted by Crippen LogP contribution is 2.37. The van der Waals surface area contributed by atoms with E-state index in [2.05, 4.69) is 15.4 Å². The summed E-state index contributed by atoms with van der Waals surface area (Å²) in [6.07, 6.45) is 0.746. The van der Waals surface area contributed by atoms with Gasteiger partial charge in [-0.15, -0.1) is 0 Å². The van der Waals surface area contributed by atoms with Crippen LogP contribution in [-0.2, 0) is 7.05 Å². The van der Waals surface area contributed by atoms with E-state index in [-0.39, 0.29) is 11.8 Å². The number of hydrogen-bond acceptors (Lipinski definition) is 6. The lowest BCUT2D eigenvalue weighted by molar-refractivity contribution is 0.0982. The van der Waals surface area contributed by atoms with Gasteiger partial charge in [-0.25, -0.2) is 9.78 Å². The molecule has 3 heterocycles. The Kier molecular flexibility index (Phi) is 4.89. The number of nitrogens with one attached hydrogen (secondary N) is 1. The second-order valence-corrected chi connectivity index (χ2v) is 6.13. The van der Waals surface area contributed by atoms with Crippen molar-refractivity contribution in [1.29, 1.82) is 0 Å². The maximum Gasteiger partial charge on any atom is 0.405 e. The van der Waals surface area contributed by atoms with Crippen LogP contribution < -0.4 is 19.7 Å². The minimum atomic E-state index is -1.12. The van der Waals surface area contributed by atoms with E-state index in [1.54, 1.807) is 29.6 Å². The van der Waals surface area contributed by atoms with Gasteiger partial charge in [0.2, 0.25) is 0 Å². The molecule has 10 heteroatoms. The first-order valence-electron chi connectivity index (χ1n) is 8.30. The van der Waals surface area contributed by atoms with Crippen LogP contribution in [-0.4, -0.2) is 52.6 Å². The summed E-state index contributed by atoms with van der Waals surface area (Å²) in [6.45, 7) is 2.13. The maximum atomic E-state index is 13.1. The standard InChI is InChI=1S/C17H21N5O5/c1-9-13-14(21(2)20-9)11(19-17(24)25)5-6-22(13)16(23)10-7-12(26-3)15(27-4)18-8-10/h7-8,11,19H,5-6H2,1-4H3,(H,24,25). The van der Waals surface area contributed by atoms with Crippen molar-refractivity contribution < 1.29 is 24.2 Å². The van der Waals surface area contributed by atoms with Crippen molar-refractivity contribution in [2.45, 2.75) is 19.4 Å². The molecule has 1 aliphatic heterocycles. The number of pyridine rings is 1. The number of amides is 2. The first-order chi connectivity index (χ1) is 12.9. The number of carboxylic acid groups (broad SMARTS) is 1. The largest absolute Gasteiger partial charge is 0.491 e. The summed E-state index contributed by atoms with van der Waals surface area (Å²) in [5, 5.41) is 16.0. The van der Waals surface area contributed by atoms with E-state index < -0.39 is 12.1 Å². The molecule has 1 aliphatic rings. The third-order valence-corrected chi connectivity index (χ3v) is 4.50. The number of ether oxygens (including phenoxy) is 2. The predicted molar refractivity (Wildman–Crippen MR) is 95.5 cm³/mol. The first-order valence-corrected chi connectivity index (χ1v) is 8.30. The summed E-state index contributed by atoms with van der Waals surface area (Å²) in [4.78, 5) is 30.0. The van der Waals surface area contributed by atoms with Gasteiger partial charge in [0.1, 0.15) is 0 Å². The zero-order valence-corrected chi connectivity index (χ0v) is 15.5. The summed E-state index contributed by atoms with van der Waals surface area (Å²) in [5.41, 5.74) is 2.25. The van der Waals surface area contributed by atoms with Crippen LogP contribution in [0.3, 0.4) is 0 Å². The highest BCUT2D eigenvalue weighted by atomic mass is 16.5. The molecule has 0 bridgehead atoms. The van der Waals surface area contributed by atoms with Crippen molar-refractivity contribution in [2.75, 3.05) is 25.7 Å². The Morgan fingerprint density at radius 3 is 2.70 bits per heavy atom. The Hall–Kier alpha value is -3.30. The van der Waals surface area contributed by atoms with Crippen molar-refractivity contribution in [3.63, 3.8) is 0 Å². The fourth-order valence-corrected chi connectivity index (χ4v) is 3.39. The van der Waals surface area contributed by atoms with Crippen LogP contribution in [0.2, 0.25) is 0 Å². The number of methoxy groups -OCH3 is 2. The molecule has 1 unspecified atom stereocenters. The average Bonchev–Trinajstić information content (AvgIpc) is 2.95. The molecule has 0 saturated heterocycles. The highest BCUT2D eigenvalue weighted by Gasteiger charge is 2.35. The van der Waals surface area contributed by atoms with Crippen LogP contribution in [0.5, 0.6) is 11.6 Å². The van der Waals surface area contributed by atoms with E-state index in [9.17, 15) is 9.59 Å². The van der Waals surface area contributed by atoms with Crippen LogP contribution in [0.4, 0.5) is 10.5 Å². The van der Waals surface area contributed by atoms with Crippen molar-refractivity contribution in [3.8, 4) is 11.6 Å². The van der Waals surface area contributed by atoms with E-state index in [1.807, 2.05) is 0 Å². The molecule has 1 atom stereocenters. The van der Waals surface area contributed by atoms with Gasteiger partial charge in [-0.1, -0.05) is 0 Å². The smallest absolute Gasteiger partial charge is 0.405 e. The number of anilines is 1. The van der Waals surface area contributed by atoms with Crippen molar-refractivity contribution in [2.24, 2.45) is 7.05 Å². The SMILES string of the molecule is COc1cc(C(=O)N2CCC(NC(=O)O)c3c2c(C)nn3C)cnc1OC. The van der Waals surface area contributed by atoms with Gasteiger partial charge in [0, 0.05) is 25.9 Å². The Balaban J connectivity index is 2.00. The molecule has 0 fully saturated rings. The molecule has 144 valence electrons. The van der Waals surface area contributed by atoms with E-state index in [4.69, 9.17) is 14.6 Å². The molecule has 2 N–H and O–H groups in total. The van der Waals surface area contributed by atoms with Crippen molar-refractivity contribution in [1.82, 2.24) is 20.1 Å². The minimum Gasteiger partial charge on any atom is -0.491 e. The molecule has 27 heavy (non-hydrogen) atoms. The zero-order valence-electron chi connectivity index (χ0n) is 15.5. The lowest BCUT2D eigenvalue weighted by Gasteiger charge is -2.32. The molecule has 10 nitrogen and oxygen atoms in total. The number of carbonyl (C=O) groups is 2. The second kappa shape index (κ2) is 7.14. The van der Waals surface area contributed by atoms with Gasteiger partial charge in [0.25, 0.3) is 11.8 Å².